The third-order valence-corrected chi connectivity index (χ3v) is 3.97. The first-order valence-electron chi connectivity index (χ1n) is 6.92. The number of carbonyl (C=O) groups is 2. The van der Waals surface area contributed by atoms with Gasteiger partial charge in [0.1, 0.15) is 0 Å². The van der Waals surface area contributed by atoms with E-state index in [2.05, 4.69) is 0 Å². The molecule has 0 atom stereocenters. The average molecular weight is 246 g/mol. The zero-order chi connectivity index (χ0) is 13.3. The van der Waals surface area contributed by atoms with Gasteiger partial charge in [0, 0.05) is 11.1 Å². The molecule has 0 saturated heterocycles. The standard InChI is InChI=1S/C16H22O2/c1-16(2,3)13-10-14(17)12(9-15(13)18)11-7-5-4-6-8-11/h9-11H,4-8H2,1-3H3. The fourth-order valence-electron chi connectivity index (χ4n) is 2.89. The molecule has 2 aliphatic carbocycles. The van der Waals surface area contributed by atoms with Gasteiger partial charge in [-0.25, -0.2) is 0 Å². The predicted molar refractivity (Wildman–Crippen MR) is 72.2 cm³/mol. The number of allylic oxidation sites excluding steroid dienone is 4. The van der Waals surface area contributed by atoms with Gasteiger partial charge < -0.3 is 0 Å². The van der Waals surface area contributed by atoms with Gasteiger partial charge in [0.25, 0.3) is 0 Å². The molecule has 2 aliphatic rings. The smallest absolute Gasteiger partial charge is 0.182 e. The molecule has 0 unspecified atom stereocenters. The van der Waals surface area contributed by atoms with Crippen LogP contribution in [0.1, 0.15) is 52.9 Å². The molecule has 0 aromatic carbocycles. The van der Waals surface area contributed by atoms with E-state index in [0.29, 0.717) is 11.5 Å². The van der Waals surface area contributed by atoms with Gasteiger partial charge in [-0.3, -0.25) is 9.59 Å². The molecular weight excluding hydrogens is 224 g/mol. The van der Waals surface area contributed by atoms with Crippen molar-refractivity contribution < 1.29 is 9.59 Å². The van der Waals surface area contributed by atoms with Crippen LogP contribution in [0.4, 0.5) is 0 Å². The predicted octanol–water partition coefficient (Wildman–Crippen LogP) is 3.62. The van der Waals surface area contributed by atoms with E-state index in [1.54, 1.807) is 12.2 Å². The van der Waals surface area contributed by atoms with Crippen molar-refractivity contribution >= 4 is 11.6 Å². The lowest BCUT2D eigenvalue weighted by molar-refractivity contribution is -0.116. The molecular formula is C16H22O2. The van der Waals surface area contributed by atoms with Crippen LogP contribution in [0, 0.1) is 11.3 Å². The van der Waals surface area contributed by atoms with Crippen LogP contribution in [0.15, 0.2) is 23.3 Å². The highest BCUT2D eigenvalue weighted by molar-refractivity contribution is 6.20. The summed E-state index contributed by atoms with van der Waals surface area (Å²) in [5.41, 5.74) is 1.15. The largest absolute Gasteiger partial charge is 0.290 e. The first-order chi connectivity index (χ1) is 8.39. The lowest BCUT2D eigenvalue weighted by atomic mass is 9.75. The monoisotopic (exact) mass is 246 g/mol. The number of hydrogen-bond donors (Lipinski definition) is 0. The Morgan fingerprint density at radius 1 is 0.944 bits per heavy atom. The maximum Gasteiger partial charge on any atom is 0.182 e. The van der Waals surface area contributed by atoms with Crippen LogP contribution in [-0.4, -0.2) is 11.6 Å². The second-order valence-electron chi connectivity index (χ2n) is 6.47. The summed E-state index contributed by atoms with van der Waals surface area (Å²) in [6, 6.07) is 0. The molecule has 2 nitrogen and oxygen atoms in total. The number of ketones is 2. The first-order valence-corrected chi connectivity index (χ1v) is 6.92. The molecule has 98 valence electrons. The Hall–Kier alpha value is -1.18. The van der Waals surface area contributed by atoms with E-state index in [9.17, 15) is 9.59 Å². The van der Waals surface area contributed by atoms with Crippen molar-refractivity contribution in [2.75, 3.05) is 0 Å². The van der Waals surface area contributed by atoms with Crippen LogP contribution in [0.2, 0.25) is 0 Å². The van der Waals surface area contributed by atoms with Crippen LogP contribution in [0.5, 0.6) is 0 Å². The Balaban J connectivity index is 2.22. The Kier molecular flexibility index (Phi) is 3.56. The molecule has 1 fully saturated rings. The lowest BCUT2D eigenvalue weighted by Gasteiger charge is -2.28. The van der Waals surface area contributed by atoms with Crippen molar-refractivity contribution in [1.82, 2.24) is 0 Å². The van der Waals surface area contributed by atoms with Gasteiger partial charge in [-0.2, -0.15) is 0 Å². The molecule has 2 heteroatoms. The van der Waals surface area contributed by atoms with Gasteiger partial charge in [-0.1, -0.05) is 40.0 Å². The van der Waals surface area contributed by atoms with E-state index in [4.69, 9.17) is 0 Å². The van der Waals surface area contributed by atoms with Crippen LogP contribution < -0.4 is 0 Å². The topological polar surface area (TPSA) is 34.1 Å². The van der Waals surface area contributed by atoms with Gasteiger partial charge in [0.2, 0.25) is 0 Å². The molecule has 18 heavy (non-hydrogen) atoms. The van der Waals surface area contributed by atoms with Crippen LogP contribution in [0.25, 0.3) is 0 Å². The summed E-state index contributed by atoms with van der Waals surface area (Å²) in [5.74, 6) is 0.405. The lowest BCUT2D eigenvalue weighted by Crippen LogP contribution is -2.26. The highest BCUT2D eigenvalue weighted by Crippen LogP contribution is 2.35. The maximum absolute atomic E-state index is 12.2. The average Bonchev–Trinajstić information content (AvgIpc) is 2.31. The second-order valence-corrected chi connectivity index (χ2v) is 6.47. The fourth-order valence-corrected chi connectivity index (χ4v) is 2.89. The first kappa shape index (κ1) is 13.3. The van der Waals surface area contributed by atoms with Crippen molar-refractivity contribution in [1.29, 1.82) is 0 Å². The highest BCUT2D eigenvalue weighted by Gasteiger charge is 2.31. The summed E-state index contributed by atoms with van der Waals surface area (Å²) in [6.07, 6.45) is 8.92. The zero-order valence-corrected chi connectivity index (χ0v) is 11.6. The molecule has 0 aromatic heterocycles. The van der Waals surface area contributed by atoms with Crippen molar-refractivity contribution in [3.63, 3.8) is 0 Å². The quantitative estimate of drug-likeness (QED) is 0.662. The maximum atomic E-state index is 12.2. The summed E-state index contributed by atoms with van der Waals surface area (Å²) < 4.78 is 0. The molecule has 0 amide bonds. The van der Waals surface area contributed by atoms with E-state index in [1.807, 2.05) is 20.8 Å². The van der Waals surface area contributed by atoms with Crippen molar-refractivity contribution in [2.45, 2.75) is 52.9 Å². The molecule has 0 aliphatic heterocycles. The minimum Gasteiger partial charge on any atom is -0.290 e. The van der Waals surface area contributed by atoms with Gasteiger partial charge in [0.05, 0.1) is 0 Å². The third kappa shape index (κ3) is 2.63. The molecule has 0 aromatic rings. The number of rotatable bonds is 1. The second kappa shape index (κ2) is 4.83. The third-order valence-electron chi connectivity index (χ3n) is 3.97. The number of carbonyl (C=O) groups excluding carboxylic acids is 2. The Bertz CT molecular complexity index is 427. The fraction of sp³-hybridized carbons (Fsp3) is 0.625. The summed E-state index contributed by atoms with van der Waals surface area (Å²) in [4.78, 5) is 24.3. The summed E-state index contributed by atoms with van der Waals surface area (Å²) in [7, 11) is 0. The molecule has 2 rings (SSSR count). The van der Waals surface area contributed by atoms with Crippen LogP contribution in [0.3, 0.4) is 0 Å². The molecule has 0 N–H and O–H groups in total. The highest BCUT2D eigenvalue weighted by atomic mass is 16.1. The van der Waals surface area contributed by atoms with E-state index in [0.717, 1.165) is 18.4 Å². The molecule has 1 saturated carbocycles. The van der Waals surface area contributed by atoms with E-state index in [1.165, 1.54) is 19.3 Å². The van der Waals surface area contributed by atoms with Gasteiger partial charge in [-0.05, 0) is 36.3 Å². The van der Waals surface area contributed by atoms with Crippen molar-refractivity contribution in [3.8, 4) is 0 Å². The van der Waals surface area contributed by atoms with E-state index in [-0.39, 0.29) is 17.0 Å². The number of hydrogen-bond acceptors (Lipinski definition) is 2. The molecule has 0 radical (unpaired) electrons. The van der Waals surface area contributed by atoms with Gasteiger partial charge >= 0.3 is 0 Å². The zero-order valence-electron chi connectivity index (χ0n) is 11.6. The van der Waals surface area contributed by atoms with Crippen molar-refractivity contribution in [2.24, 2.45) is 11.3 Å². The molecule has 0 spiro atoms. The van der Waals surface area contributed by atoms with Crippen LogP contribution >= 0.6 is 0 Å². The Labute approximate surface area is 109 Å². The Morgan fingerprint density at radius 2 is 1.56 bits per heavy atom. The Morgan fingerprint density at radius 3 is 2.11 bits per heavy atom. The summed E-state index contributed by atoms with van der Waals surface area (Å²) >= 11 is 0. The minimum atomic E-state index is -0.249. The van der Waals surface area contributed by atoms with Crippen molar-refractivity contribution in [3.05, 3.63) is 23.3 Å². The van der Waals surface area contributed by atoms with E-state index >= 15 is 0 Å². The van der Waals surface area contributed by atoms with Gasteiger partial charge in [0.15, 0.2) is 11.6 Å². The van der Waals surface area contributed by atoms with Gasteiger partial charge in [-0.15, -0.1) is 0 Å². The molecule has 0 bridgehead atoms. The SMILES string of the molecule is CC(C)(C)C1=CC(=O)C(C2CCCCC2)=CC1=O. The summed E-state index contributed by atoms with van der Waals surface area (Å²) in [5, 5.41) is 0. The van der Waals surface area contributed by atoms with Crippen LogP contribution in [-0.2, 0) is 9.59 Å². The molecule has 0 heterocycles. The van der Waals surface area contributed by atoms with E-state index < -0.39 is 0 Å². The minimum absolute atomic E-state index is 0.0303. The summed E-state index contributed by atoms with van der Waals surface area (Å²) in [6.45, 7) is 5.93. The normalized spacial score (nSPS) is 22.8.